The van der Waals surface area contributed by atoms with Crippen molar-refractivity contribution in [1.82, 2.24) is 4.90 Å². The molecule has 1 saturated heterocycles. The van der Waals surface area contributed by atoms with Gasteiger partial charge in [-0.05, 0) is 49.6 Å². The lowest BCUT2D eigenvalue weighted by molar-refractivity contribution is 0.0720. The van der Waals surface area contributed by atoms with E-state index in [4.69, 9.17) is 14.2 Å². The predicted octanol–water partition coefficient (Wildman–Crippen LogP) is 2.89. The van der Waals surface area contributed by atoms with E-state index in [2.05, 4.69) is 4.72 Å². The zero-order valence-corrected chi connectivity index (χ0v) is 17.5. The van der Waals surface area contributed by atoms with E-state index in [0.29, 0.717) is 49.2 Å². The van der Waals surface area contributed by atoms with Crippen LogP contribution in [0.15, 0.2) is 41.3 Å². The van der Waals surface area contributed by atoms with Crippen LogP contribution >= 0.6 is 0 Å². The van der Waals surface area contributed by atoms with Gasteiger partial charge < -0.3 is 19.1 Å². The van der Waals surface area contributed by atoms with Gasteiger partial charge in [0.05, 0.1) is 23.3 Å². The second-order valence-corrected chi connectivity index (χ2v) is 8.86. The summed E-state index contributed by atoms with van der Waals surface area (Å²) in [5, 5.41) is 0. The molecular formula is C21H24N2O6S. The Bertz CT molecular complexity index is 1050. The lowest BCUT2D eigenvalue weighted by Gasteiger charge is -2.27. The van der Waals surface area contributed by atoms with Crippen molar-refractivity contribution < 1.29 is 27.4 Å². The molecular weight excluding hydrogens is 408 g/mol. The summed E-state index contributed by atoms with van der Waals surface area (Å²) in [5.74, 6) is 1.19. The van der Waals surface area contributed by atoms with Crippen LogP contribution in [0.4, 0.5) is 5.69 Å². The molecule has 1 fully saturated rings. The molecule has 2 aromatic carbocycles. The number of fused-ring (bicyclic) bond motifs is 1. The molecule has 30 heavy (non-hydrogen) atoms. The summed E-state index contributed by atoms with van der Waals surface area (Å²) in [5.41, 5.74) is 0.587. The lowest BCUT2D eigenvalue weighted by atomic mass is 10.1. The number of piperidine rings is 1. The Morgan fingerprint density at radius 2 is 1.73 bits per heavy atom. The Morgan fingerprint density at radius 3 is 2.47 bits per heavy atom. The number of nitrogens with zero attached hydrogens (tertiary/aromatic N) is 1. The van der Waals surface area contributed by atoms with Crippen molar-refractivity contribution in [3.8, 4) is 17.2 Å². The second-order valence-electron chi connectivity index (χ2n) is 7.18. The minimum atomic E-state index is -3.92. The summed E-state index contributed by atoms with van der Waals surface area (Å²) >= 11 is 0. The van der Waals surface area contributed by atoms with Crippen molar-refractivity contribution in [1.29, 1.82) is 0 Å². The molecule has 4 rings (SSSR count). The van der Waals surface area contributed by atoms with Crippen LogP contribution in [0, 0.1) is 0 Å². The molecule has 1 N–H and O–H groups in total. The molecule has 160 valence electrons. The number of rotatable bonds is 5. The topological polar surface area (TPSA) is 94.2 Å². The van der Waals surface area contributed by atoms with Crippen LogP contribution < -0.4 is 18.9 Å². The average Bonchev–Trinajstić information content (AvgIpc) is 2.78. The summed E-state index contributed by atoms with van der Waals surface area (Å²) in [4.78, 5) is 14.7. The molecule has 0 bridgehead atoms. The van der Waals surface area contributed by atoms with Gasteiger partial charge in [0.2, 0.25) is 0 Å². The number of hydrogen-bond acceptors (Lipinski definition) is 6. The van der Waals surface area contributed by atoms with Crippen LogP contribution in [0.5, 0.6) is 17.2 Å². The van der Waals surface area contributed by atoms with Gasteiger partial charge in [-0.1, -0.05) is 0 Å². The number of carbonyl (C=O) groups is 1. The molecule has 0 radical (unpaired) electrons. The van der Waals surface area contributed by atoms with Gasteiger partial charge in [0.1, 0.15) is 19.0 Å². The zero-order valence-electron chi connectivity index (χ0n) is 16.7. The maximum Gasteiger partial charge on any atom is 0.261 e. The average molecular weight is 432 g/mol. The lowest BCUT2D eigenvalue weighted by Crippen LogP contribution is -2.35. The minimum absolute atomic E-state index is 0.0152. The molecule has 8 nitrogen and oxygen atoms in total. The largest absolute Gasteiger partial charge is 0.496 e. The molecule has 2 aromatic rings. The van der Waals surface area contributed by atoms with Gasteiger partial charge in [0, 0.05) is 19.2 Å². The molecule has 2 aliphatic rings. The van der Waals surface area contributed by atoms with E-state index in [9.17, 15) is 13.2 Å². The first kappa shape index (κ1) is 20.3. The quantitative estimate of drug-likeness (QED) is 0.781. The Balaban J connectivity index is 1.61. The van der Waals surface area contributed by atoms with Gasteiger partial charge in [0.15, 0.2) is 11.5 Å². The number of ether oxygens (including phenoxy) is 3. The van der Waals surface area contributed by atoms with E-state index in [1.54, 1.807) is 23.1 Å². The molecule has 0 aromatic heterocycles. The van der Waals surface area contributed by atoms with Gasteiger partial charge in [-0.25, -0.2) is 8.42 Å². The maximum atomic E-state index is 13.0. The van der Waals surface area contributed by atoms with Crippen LogP contribution in [0.2, 0.25) is 0 Å². The first-order valence-electron chi connectivity index (χ1n) is 9.88. The van der Waals surface area contributed by atoms with Crippen LogP contribution in [0.25, 0.3) is 0 Å². The molecule has 9 heteroatoms. The number of carbonyl (C=O) groups excluding carboxylic acids is 1. The fourth-order valence-corrected chi connectivity index (χ4v) is 4.68. The van der Waals surface area contributed by atoms with E-state index in [1.807, 2.05) is 0 Å². The number of hydrogen-bond donors (Lipinski definition) is 1. The van der Waals surface area contributed by atoms with Gasteiger partial charge in [-0.3, -0.25) is 9.52 Å². The fourth-order valence-electron chi connectivity index (χ4n) is 3.61. The summed E-state index contributed by atoms with van der Waals surface area (Å²) in [6.45, 7) is 2.18. The summed E-state index contributed by atoms with van der Waals surface area (Å²) in [7, 11) is -2.46. The number of methoxy groups -OCH3 is 1. The van der Waals surface area contributed by atoms with Crippen molar-refractivity contribution in [2.45, 2.75) is 24.2 Å². The predicted molar refractivity (Wildman–Crippen MR) is 111 cm³/mol. The van der Waals surface area contributed by atoms with Crippen molar-refractivity contribution in [3.63, 3.8) is 0 Å². The Hall–Kier alpha value is -2.94. The molecule has 0 atom stereocenters. The maximum absolute atomic E-state index is 13.0. The van der Waals surface area contributed by atoms with Gasteiger partial charge >= 0.3 is 0 Å². The van der Waals surface area contributed by atoms with Gasteiger partial charge in [-0.2, -0.15) is 0 Å². The number of anilines is 1. The van der Waals surface area contributed by atoms with Crippen molar-refractivity contribution in [2.24, 2.45) is 0 Å². The minimum Gasteiger partial charge on any atom is -0.496 e. The Labute approximate surface area is 175 Å². The van der Waals surface area contributed by atoms with E-state index >= 15 is 0 Å². The van der Waals surface area contributed by atoms with Gasteiger partial charge in [0.25, 0.3) is 15.9 Å². The number of sulfonamides is 1. The third kappa shape index (κ3) is 4.16. The standard InChI is InChI=1S/C21H24N2O6S/c1-27-18-8-6-16(14-17(18)21(24)23-9-3-2-4-10-23)30(25,26)22-15-5-7-19-20(13-15)29-12-11-28-19/h5-8,13-14,22H,2-4,9-12H2,1H3. The Kier molecular flexibility index (Phi) is 5.72. The molecule has 0 aliphatic carbocycles. The number of amides is 1. The first-order valence-corrected chi connectivity index (χ1v) is 11.4. The summed E-state index contributed by atoms with van der Waals surface area (Å²) < 4.78 is 44.8. The normalized spacial score (nSPS) is 16.1. The molecule has 2 heterocycles. The highest BCUT2D eigenvalue weighted by atomic mass is 32.2. The molecule has 0 saturated carbocycles. The summed E-state index contributed by atoms with van der Waals surface area (Å²) in [6.07, 6.45) is 2.98. The second kappa shape index (κ2) is 8.43. The van der Waals surface area contributed by atoms with Crippen LogP contribution in [0.1, 0.15) is 29.6 Å². The molecule has 0 spiro atoms. The summed E-state index contributed by atoms with van der Waals surface area (Å²) in [6, 6.07) is 9.15. The van der Waals surface area contributed by atoms with Crippen molar-refractivity contribution in [2.75, 3.05) is 38.1 Å². The zero-order chi connectivity index (χ0) is 21.1. The number of likely N-dealkylation sites (tertiary alicyclic amines) is 1. The van der Waals surface area contributed by atoms with Crippen LogP contribution in [-0.2, 0) is 10.0 Å². The SMILES string of the molecule is COc1ccc(S(=O)(=O)Nc2ccc3c(c2)OCCO3)cc1C(=O)N1CCCCC1. The highest BCUT2D eigenvalue weighted by Crippen LogP contribution is 2.33. The van der Waals surface area contributed by atoms with Crippen LogP contribution in [-0.4, -0.2) is 52.6 Å². The van der Waals surface area contributed by atoms with E-state index in [-0.39, 0.29) is 16.4 Å². The smallest absolute Gasteiger partial charge is 0.261 e. The highest BCUT2D eigenvalue weighted by Gasteiger charge is 2.25. The monoisotopic (exact) mass is 432 g/mol. The highest BCUT2D eigenvalue weighted by molar-refractivity contribution is 7.92. The van der Waals surface area contributed by atoms with Crippen LogP contribution in [0.3, 0.4) is 0 Å². The Morgan fingerprint density at radius 1 is 1.00 bits per heavy atom. The van der Waals surface area contributed by atoms with E-state index in [0.717, 1.165) is 19.3 Å². The van der Waals surface area contributed by atoms with Gasteiger partial charge in [-0.15, -0.1) is 0 Å². The third-order valence-corrected chi connectivity index (χ3v) is 6.53. The van der Waals surface area contributed by atoms with Crippen molar-refractivity contribution in [3.05, 3.63) is 42.0 Å². The number of nitrogens with one attached hydrogen (secondary N) is 1. The fraction of sp³-hybridized carbons (Fsp3) is 0.381. The molecule has 1 amide bonds. The molecule has 0 unspecified atom stereocenters. The van der Waals surface area contributed by atoms with E-state index in [1.165, 1.54) is 25.3 Å². The first-order chi connectivity index (χ1) is 14.5. The van der Waals surface area contributed by atoms with E-state index < -0.39 is 10.0 Å². The number of benzene rings is 2. The third-order valence-electron chi connectivity index (χ3n) is 5.15. The molecule has 2 aliphatic heterocycles. The van der Waals surface area contributed by atoms with Crippen molar-refractivity contribution >= 4 is 21.6 Å².